The molecule has 1 aliphatic rings. The predicted octanol–water partition coefficient (Wildman–Crippen LogP) is 1.51. The van der Waals surface area contributed by atoms with Crippen LogP contribution in [-0.2, 0) is 4.79 Å². The van der Waals surface area contributed by atoms with Gasteiger partial charge in [0.05, 0.1) is 10.5 Å². The number of carbonyl (C=O) groups excluding carboxylic acids is 2. The second kappa shape index (κ2) is 5.90. The third-order valence-electron chi connectivity index (χ3n) is 3.52. The van der Waals surface area contributed by atoms with E-state index in [1.165, 1.54) is 19.9 Å². The third kappa shape index (κ3) is 3.36. The quantitative estimate of drug-likeness (QED) is 0.515. The zero-order valence-corrected chi connectivity index (χ0v) is 12.0. The highest BCUT2D eigenvalue weighted by Gasteiger charge is 2.25. The standard InChI is InChI=1S/C14H17N3O4/c1-9(18)13-7-12(3-4-14(13)17(20)21)16-6-5-11(8-16)15-10(2)19/h3-4,7,11H,5-6,8H2,1-2H3,(H,15,19). The van der Waals surface area contributed by atoms with Gasteiger partial charge in [-0.3, -0.25) is 19.7 Å². The van der Waals surface area contributed by atoms with Gasteiger partial charge in [0.25, 0.3) is 5.69 Å². The van der Waals surface area contributed by atoms with E-state index in [2.05, 4.69) is 5.32 Å². The number of hydrogen-bond donors (Lipinski definition) is 1. The predicted molar refractivity (Wildman–Crippen MR) is 77.5 cm³/mol. The molecular weight excluding hydrogens is 274 g/mol. The summed E-state index contributed by atoms with van der Waals surface area (Å²) in [5.41, 5.74) is 0.697. The van der Waals surface area contributed by atoms with Gasteiger partial charge in [0.2, 0.25) is 5.91 Å². The maximum Gasteiger partial charge on any atom is 0.280 e. The second-order valence-corrected chi connectivity index (χ2v) is 5.15. The van der Waals surface area contributed by atoms with E-state index in [0.29, 0.717) is 6.54 Å². The number of amides is 1. The highest BCUT2D eigenvalue weighted by Crippen LogP contribution is 2.27. The lowest BCUT2D eigenvalue weighted by atomic mass is 10.1. The van der Waals surface area contributed by atoms with Gasteiger partial charge < -0.3 is 10.2 Å². The van der Waals surface area contributed by atoms with Gasteiger partial charge in [0.15, 0.2) is 5.78 Å². The summed E-state index contributed by atoms with van der Waals surface area (Å²) in [6.07, 6.45) is 0.811. The van der Waals surface area contributed by atoms with Gasteiger partial charge in [-0.2, -0.15) is 0 Å². The molecule has 21 heavy (non-hydrogen) atoms. The molecule has 2 rings (SSSR count). The van der Waals surface area contributed by atoms with Crippen LogP contribution in [0.5, 0.6) is 0 Å². The normalized spacial score (nSPS) is 17.6. The summed E-state index contributed by atoms with van der Waals surface area (Å²) in [6, 6.07) is 4.62. The average molecular weight is 291 g/mol. The minimum absolute atomic E-state index is 0.0680. The summed E-state index contributed by atoms with van der Waals surface area (Å²) < 4.78 is 0. The molecule has 1 fully saturated rings. The Labute approximate surface area is 122 Å². The molecule has 7 nitrogen and oxygen atoms in total. The first-order chi connectivity index (χ1) is 9.88. The lowest BCUT2D eigenvalue weighted by molar-refractivity contribution is -0.385. The molecule has 0 spiro atoms. The minimum atomic E-state index is -0.551. The Hall–Kier alpha value is -2.44. The Morgan fingerprint density at radius 1 is 1.38 bits per heavy atom. The highest BCUT2D eigenvalue weighted by atomic mass is 16.6. The maximum absolute atomic E-state index is 11.6. The number of nitro groups is 1. The Bertz CT molecular complexity index is 600. The van der Waals surface area contributed by atoms with E-state index in [0.717, 1.165) is 18.7 Å². The van der Waals surface area contributed by atoms with Crippen molar-refractivity contribution in [3.8, 4) is 0 Å². The molecule has 0 radical (unpaired) electrons. The summed E-state index contributed by atoms with van der Waals surface area (Å²) in [4.78, 5) is 35.0. The summed E-state index contributed by atoms with van der Waals surface area (Å²) >= 11 is 0. The van der Waals surface area contributed by atoms with Crippen molar-refractivity contribution in [2.45, 2.75) is 26.3 Å². The number of Topliss-reactive ketones (excluding diaryl/α,β-unsaturated/α-hetero) is 1. The van der Waals surface area contributed by atoms with Crippen LogP contribution in [0.1, 0.15) is 30.6 Å². The number of hydrogen-bond acceptors (Lipinski definition) is 5. The molecule has 1 heterocycles. The monoisotopic (exact) mass is 291 g/mol. The third-order valence-corrected chi connectivity index (χ3v) is 3.52. The van der Waals surface area contributed by atoms with Gasteiger partial charge in [-0.1, -0.05) is 0 Å². The van der Waals surface area contributed by atoms with Crippen LogP contribution < -0.4 is 10.2 Å². The Balaban J connectivity index is 2.22. The molecule has 0 aromatic heterocycles. The van der Waals surface area contributed by atoms with E-state index in [4.69, 9.17) is 0 Å². The van der Waals surface area contributed by atoms with Gasteiger partial charge in [-0.15, -0.1) is 0 Å². The number of nitrogens with zero attached hydrogens (tertiary/aromatic N) is 2. The Kier molecular flexibility index (Phi) is 4.21. The second-order valence-electron chi connectivity index (χ2n) is 5.15. The van der Waals surface area contributed by atoms with Gasteiger partial charge >= 0.3 is 0 Å². The van der Waals surface area contributed by atoms with Crippen LogP contribution in [0.15, 0.2) is 18.2 Å². The fourth-order valence-electron chi connectivity index (χ4n) is 2.56. The molecular formula is C14H17N3O4. The molecule has 7 heteroatoms. The van der Waals surface area contributed by atoms with Gasteiger partial charge in [-0.05, 0) is 25.5 Å². The first-order valence-corrected chi connectivity index (χ1v) is 6.70. The molecule has 1 aromatic rings. The average Bonchev–Trinajstić information content (AvgIpc) is 2.85. The molecule has 1 atom stereocenters. The molecule has 0 saturated carbocycles. The summed E-state index contributed by atoms with van der Waals surface area (Å²) in [6.45, 7) is 4.16. The van der Waals surface area contributed by atoms with Crippen LogP contribution in [-0.4, -0.2) is 35.7 Å². The minimum Gasteiger partial charge on any atom is -0.369 e. The molecule has 0 aliphatic carbocycles. The first kappa shape index (κ1) is 15.0. The number of anilines is 1. The van der Waals surface area contributed by atoms with Gasteiger partial charge in [0.1, 0.15) is 0 Å². The number of benzene rings is 1. The van der Waals surface area contributed by atoms with E-state index in [1.54, 1.807) is 12.1 Å². The van der Waals surface area contributed by atoms with Crippen molar-refractivity contribution in [3.63, 3.8) is 0 Å². The van der Waals surface area contributed by atoms with Crippen LogP contribution in [0, 0.1) is 10.1 Å². The Morgan fingerprint density at radius 2 is 2.10 bits per heavy atom. The van der Waals surface area contributed by atoms with Crippen molar-refractivity contribution in [3.05, 3.63) is 33.9 Å². The van der Waals surface area contributed by atoms with E-state index in [9.17, 15) is 19.7 Å². The Morgan fingerprint density at radius 3 is 2.67 bits per heavy atom. The zero-order chi connectivity index (χ0) is 15.6. The number of rotatable bonds is 4. The number of nitrogens with one attached hydrogen (secondary N) is 1. The van der Waals surface area contributed by atoms with E-state index < -0.39 is 4.92 Å². The SMILES string of the molecule is CC(=O)NC1CCN(c2ccc([N+](=O)[O-])c(C(C)=O)c2)C1. The van der Waals surface area contributed by atoms with Crippen molar-refractivity contribution < 1.29 is 14.5 Å². The molecule has 1 amide bonds. The van der Waals surface area contributed by atoms with Gasteiger partial charge in [0, 0.05) is 37.8 Å². The summed E-state index contributed by atoms with van der Waals surface area (Å²) in [5, 5.41) is 13.8. The lowest BCUT2D eigenvalue weighted by Crippen LogP contribution is -2.35. The van der Waals surface area contributed by atoms with Crippen LogP contribution in [0.4, 0.5) is 11.4 Å². The van der Waals surface area contributed by atoms with Crippen LogP contribution in [0.3, 0.4) is 0 Å². The van der Waals surface area contributed by atoms with Crippen molar-refractivity contribution in [1.82, 2.24) is 5.32 Å². The van der Waals surface area contributed by atoms with Crippen molar-refractivity contribution in [2.24, 2.45) is 0 Å². The number of ketones is 1. The van der Waals surface area contributed by atoms with E-state index >= 15 is 0 Å². The largest absolute Gasteiger partial charge is 0.369 e. The molecule has 1 N–H and O–H groups in total. The molecule has 0 bridgehead atoms. The molecule has 1 aliphatic heterocycles. The number of nitro benzene ring substituents is 1. The molecule has 1 saturated heterocycles. The first-order valence-electron chi connectivity index (χ1n) is 6.70. The number of carbonyl (C=O) groups is 2. The zero-order valence-electron chi connectivity index (χ0n) is 12.0. The van der Waals surface area contributed by atoms with Crippen molar-refractivity contribution >= 4 is 23.1 Å². The topological polar surface area (TPSA) is 92.6 Å². The van der Waals surface area contributed by atoms with E-state index in [-0.39, 0.29) is 29.0 Å². The fraction of sp³-hybridized carbons (Fsp3) is 0.429. The van der Waals surface area contributed by atoms with Crippen LogP contribution >= 0.6 is 0 Å². The summed E-state index contributed by atoms with van der Waals surface area (Å²) in [5.74, 6) is -0.406. The van der Waals surface area contributed by atoms with Gasteiger partial charge in [-0.25, -0.2) is 0 Å². The smallest absolute Gasteiger partial charge is 0.280 e. The lowest BCUT2D eigenvalue weighted by Gasteiger charge is -2.19. The van der Waals surface area contributed by atoms with Crippen LogP contribution in [0.2, 0.25) is 0 Å². The molecule has 1 unspecified atom stereocenters. The highest BCUT2D eigenvalue weighted by molar-refractivity contribution is 5.99. The maximum atomic E-state index is 11.6. The summed E-state index contributed by atoms with van der Waals surface area (Å²) in [7, 11) is 0. The van der Waals surface area contributed by atoms with E-state index in [1.807, 2.05) is 4.90 Å². The van der Waals surface area contributed by atoms with Crippen LogP contribution in [0.25, 0.3) is 0 Å². The fourth-order valence-corrected chi connectivity index (χ4v) is 2.56. The van der Waals surface area contributed by atoms with Crippen molar-refractivity contribution in [1.29, 1.82) is 0 Å². The molecule has 112 valence electrons. The van der Waals surface area contributed by atoms with Crippen molar-refractivity contribution in [2.75, 3.05) is 18.0 Å². The molecule has 1 aromatic carbocycles.